The van der Waals surface area contributed by atoms with Crippen molar-refractivity contribution in [3.8, 4) is 0 Å². The van der Waals surface area contributed by atoms with Gasteiger partial charge in [0.05, 0.1) is 6.10 Å². The van der Waals surface area contributed by atoms with Crippen molar-refractivity contribution in [3.05, 3.63) is 0 Å². The van der Waals surface area contributed by atoms with E-state index < -0.39 is 0 Å². The molecule has 4 fully saturated rings. The number of rotatable bonds is 3. The van der Waals surface area contributed by atoms with Crippen molar-refractivity contribution in [2.45, 2.75) is 64.1 Å². The Morgan fingerprint density at radius 1 is 1.10 bits per heavy atom. The maximum atomic E-state index is 11.3. The summed E-state index contributed by atoms with van der Waals surface area (Å²) in [5, 5.41) is 0. The fraction of sp³-hybridized carbons (Fsp3) is 0.941. The largest absolute Gasteiger partial charge is 0.381 e. The summed E-state index contributed by atoms with van der Waals surface area (Å²) >= 11 is 0. The molecule has 0 aromatic rings. The van der Waals surface area contributed by atoms with Crippen LogP contribution in [0.15, 0.2) is 0 Å². The monoisotopic (exact) mass is 294 g/mol. The van der Waals surface area contributed by atoms with Crippen molar-refractivity contribution < 1.29 is 9.53 Å². The fourth-order valence-electron chi connectivity index (χ4n) is 5.02. The molecule has 4 nitrogen and oxygen atoms in total. The lowest BCUT2D eigenvalue weighted by Crippen LogP contribution is -2.57. The van der Waals surface area contributed by atoms with Crippen LogP contribution in [-0.4, -0.2) is 61.1 Å². The Balaban J connectivity index is 1.75. The van der Waals surface area contributed by atoms with Gasteiger partial charge in [0.25, 0.3) is 0 Å². The number of hydrogen-bond donors (Lipinski definition) is 0. The zero-order valence-electron chi connectivity index (χ0n) is 13.8. The van der Waals surface area contributed by atoms with Gasteiger partial charge in [-0.2, -0.15) is 0 Å². The molecule has 3 aliphatic heterocycles. The van der Waals surface area contributed by atoms with Gasteiger partial charge in [0.15, 0.2) is 0 Å². The SMILES string of the molecule is COC1CCC(N2C[C@H]3CN(C=O)C[C@@H]2C(C)(C)C3)CC1. The average molecular weight is 294 g/mol. The number of methoxy groups -OCH3 is 1. The first-order chi connectivity index (χ1) is 10.0. The lowest BCUT2D eigenvalue weighted by Gasteiger charge is -2.51. The lowest BCUT2D eigenvalue weighted by molar-refractivity contribution is -0.118. The van der Waals surface area contributed by atoms with Gasteiger partial charge in [-0.1, -0.05) is 13.8 Å². The molecule has 4 aliphatic rings. The third-order valence-electron chi connectivity index (χ3n) is 6.08. The van der Waals surface area contributed by atoms with E-state index in [1.54, 1.807) is 0 Å². The molecule has 4 heteroatoms. The molecule has 0 aromatic heterocycles. The van der Waals surface area contributed by atoms with E-state index in [0.717, 1.165) is 19.5 Å². The Morgan fingerprint density at radius 3 is 2.43 bits per heavy atom. The Hall–Kier alpha value is -0.610. The van der Waals surface area contributed by atoms with E-state index in [0.29, 0.717) is 29.5 Å². The third-order valence-corrected chi connectivity index (χ3v) is 6.08. The van der Waals surface area contributed by atoms with Crippen LogP contribution in [0.25, 0.3) is 0 Å². The topological polar surface area (TPSA) is 32.8 Å². The molecule has 1 saturated carbocycles. The number of carbonyl (C=O) groups excluding carboxylic acids is 1. The first-order valence-electron chi connectivity index (χ1n) is 8.51. The maximum absolute atomic E-state index is 11.3. The smallest absolute Gasteiger partial charge is 0.209 e. The molecule has 3 saturated heterocycles. The summed E-state index contributed by atoms with van der Waals surface area (Å²) in [6, 6.07) is 1.21. The fourth-order valence-corrected chi connectivity index (χ4v) is 5.02. The van der Waals surface area contributed by atoms with Crippen molar-refractivity contribution in [1.82, 2.24) is 9.80 Å². The Labute approximate surface area is 128 Å². The van der Waals surface area contributed by atoms with Gasteiger partial charge < -0.3 is 9.64 Å². The Morgan fingerprint density at radius 2 is 1.81 bits per heavy atom. The number of ether oxygens (including phenoxy) is 1. The normalized spacial score (nSPS) is 40.0. The molecule has 1 amide bonds. The molecule has 0 unspecified atom stereocenters. The minimum absolute atomic E-state index is 0.318. The molecule has 1 aliphatic carbocycles. The van der Waals surface area contributed by atoms with Crippen LogP contribution in [0.1, 0.15) is 46.0 Å². The Bertz CT molecular complexity index is 377. The molecule has 2 atom stereocenters. The van der Waals surface area contributed by atoms with Crippen molar-refractivity contribution >= 4 is 6.41 Å². The Kier molecular flexibility index (Phi) is 4.28. The highest BCUT2D eigenvalue weighted by atomic mass is 16.5. The summed E-state index contributed by atoms with van der Waals surface area (Å²) in [5.74, 6) is 0.643. The van der Waals surface area contributed by atoms with Gasteiger partial charge in [0.1, 0.15) is 0 Å². The predicted octanol–water partition coefficient (Wildman–Crippen LogP) is 2.13. The zero-order chi connectivity index (χ0) is 15.0. The lowest BCUT2D eigenvalue weighted by atomic mass is 9.72. The molecule has 0 aromatic carbocycles. The average Bonchev–Trinajstić information content (AvgIpc) is 2.73. The van der Waals surface area contributed by atoms with Gasteiger partial charge in [0, 0.05) is 38.8 Å². The van der Waals surface area contributed by atoms with E-state index in [1.807, 2.05) is 12.0 Å². The van der Waals surface area contributed by atoms with E-state index in [-0.39, 0.29) is 0 Å². The number of carbonyl (C=O) groups is 1. The van der Waals surface area contributed by atoms with Crippen LogP contribution in [0, 0.1) is 11.3 Å². The zero-order valence-corrected chi connectivity index (χ0v) is 13.8. The maximum Gasteiger partial charge on any atom is 0.209 e. The van der Waals surface area contributed by atoms with Gasteiger partial charge in [0.2, 0.25) is 6.41 Å². The van der Waals surface area contributed by atoms with E-state index in [9.17, 15) is 4.79 Å². The van der Waals surface area contributed by atoms with E-state index in [2.05, 4.69) is 18.7 Å². The van der Waals surface area contributed by atoms with E-state index >= 15 is 0 Å². The molecule has 0 spiro atoms. The van der Waals surface area contributed by atoms with Crippen LogP contribution < -0.4 is 0 Å². The molecular weight excluding hydrogens is 264 g/mol. The van der Waals surface area contributed by atoms with Crippen molar-refractivity contribution in [2.75, 3.05) is 26.7 Å². The highest BCUT2D eigenvalue weighted by Crippen LogP contribution is 2.43. The molecule has 0 radical (unpaired) electrons. The highest BCUT2D eigenvalue weighted by molar-refractivity contribution is 5.47. The van der Waals surface area contributed by atoms with Gasteiger partial charge in [-0.05, 0) is 43.4 Å². The second kappa shape index (κ2) is 5.88. The first kappa shape index (κ1) is 15.3. The predicted molar refractivity (Wildman–Crippen MR) is 83.1 cm³/mol. The molecule has 4 rings (SSSR count). The number of hydrogen-bond acceptors (Lipinski definition) is 3. The number of amides is 1. The van der Waals surface area contributed by atoms with Gasteiger partial charge in [-0.3, -0.25) is 9.69 Å². The minimum Gasteiger partial charge on any atom is -0.381 e. The molecule has 0 N–H and O–H groups in total. The molecule has 2 bridgehead atoms. The summed E-state index contributed by atoms with van der Waals surface area (Å²) in [5.41, 5.74) is 0.318. The number of piperidine rings is 1. The summed E-state index contributed by atoms with van der Waals surface area (Å²) in [6.07, 6.45) is 7.65. The van der Waals surface area contributed by atoms with E-state index in [4.69, 9.17) is 4.74 Å². The van der Waals surface area contributed by atoms with Crippen LogP contribution in [0.2, 0.25) is 0 Å². The van der Waals surface area contributed by atoms with Crippen molar-refractivity contribution in [1.29, 1.82) is 0 Å². The second-order valence-electron chi connectivity index (χ2n) is 8.00. The molecule has 120 valence electrons. The van der Waals surface area contributed by atoms with Crippen molar-refractivity contribution in [2.24, 2.45) is 11.3 Å². The molecule has 21 heavy (non-hydrogen) atoms. The summed E-state index contributed by atoms with van der Waals surface area (Å²) < 4.78 is 5.52. The second-order valence-corrected chi connectivity index (χ2v) is 8.00. The molecular formula is C17H30N2O2. The van der Waals surface area contributed by atoms with Gasteiger partial charge in [-0.15, -0.1) is 0 Å². The summed E-state index contributed by atoms with van der Waals surface area (Å²) in [6.45, 7) is 7.84. The third kappa shape index (κ3) is 2.98. The first-order valence-corrected chi connectivity index (χ1v) is 8.51. The van der Waals surface area contributed by atoms with Gasteiger partial charge in [-0.25, -0.2) is 0 Å². The van der Waals surface area contributed by atoms with Crippen LogP contribution >= 0.6 is 0 Å². The number of fused-ring (bicyclic) bond motifs is 4. The quantitative estimate of drug-likeness (QED) is 0.748. The summed E-state index contributed by atoms with van der Waals surface area (Å²) in [7, 11) is 1.84. The standard InChI is InChI=1S/C17H30N2O2/c1-17(2)8-13-9-18(12-20)11-16(17)19(10-13)14-4-6-15(21-3)7-5-14/h12-16H,4-11H2,1-3H3/t13-,14?,15?,16-/m1/s1. The van der Waals surface area contributed by atoms with E-state index in [1.165, 1.54) is 38.6 Å². The summed E-state index contributed by atoms with van der Waals surface area (Å²) in [4.78, 5) is 16.1. The highest BCUT2D eigenvalue weighted by Gasteiger charge is 2.47. The van der Waals surface area contributed by atoms with Gasteiger partial charge >= 0.3 is 0 Å². The van der Waals surface area contributed by atoms with Crippen LogP contribution in [-0.2, 0) is 9.53 Å². The number of nitrogens with zero attached hydrogens (tertiary/aromatic N) is 2. The minimum atomic E-state index is 0.318. The van der Waals surface area contributed by atoms with Crippen LogP contribution in [0.4, 0.5) is 0 Å². The van der Waals surface area contributed by atoms with Crippen LogP contribution in [0.5, 0.6) is 0 Å². The van der Waals surface area contributed by atoms with Crippen molar-refractivity contribution in [3.63, 3.8) is 0 Å². The van der Waals surface area contributed by atoms with Crippen LogP contribution in [0.3, 0.4) is 0 Å². The molecule has 3 heterocycles.